The minimum absolute atomic E-state index is 0.123. The molecule has 0 saturated carbocycles. The number of carboxylic acids is 1. The van der Waals surface area contributed by atoms with Crippen molar-refractivity contribution < 1.29 is 19.4 Å². The second-order valence-corrected chi connectivity index (χ2v) is 7.67. The molecule has 6 nitrogen and oxygen atoms in total. The van der Waals surface area contributed by atoms with Crippen molar-refractivity contribution in [1.29, 1.82) is 0 Å². The molecule has 0 unspecified atom stereocenters. The second-order valence-electron chi connectivity index (χ2n) is 6.76. The summed E-state index contributed by atoms with van der Waals surface area (Å²) in [6.45, 7) is 4.51. The van der Waals surface area contributed by atoms with Crippen molar-refractivity contribution in [2.24, 2.45) is 5.41 Å². The molecule has 2 N–H and O–H groups in total. The standard InChI is InChI=1S/C17H24N2O4S/c20-14(18-13-3-11-24-15(13)16(21)22)2-8-19-7-1-4-17(12-19)5-9-23-10-6-17/h3,11H,1-2,4-10,12H2,(H,18,20)(H,21,22). The number of nitrogens with zero attached hydrogens (tertiary/aromatic N) is 1. The molecule has 2 aliphatic rings. The number of piperidine rings is 1. The van der Waals surface area contributed by atoms with Gasteiger partial charge < -0.3 is 20.1 Å². The number of rotatable bonds is 5. The molecule has 0 aliphatic carbocycles. The van der Waals surface area contributed by atoms with Crippen LogP contribution >= 0.6 is 11.3 Å². The SMILES string of the molecule is O=C(CCN1CCCC2(CCOCC2)C1)Nc1ccsc1C(=O)O. The Morgan fingerprint density at radius 1 is 1.33 bits per heavy atom. The lowest BCUT2D eigenvalue weighted by Gasteiger charge is -2.45. The summed E-state index contributed by atoms with van der Waals surface area (Å²) >= 11 is 1.12. The van der Waals surface area contributed by atoms with Crippen molar-refractivity contribution in [3.05, 3.63) is 16.3 Å². The van der Waals surface area contributed by atoms with E-state index in [1.54, 1.807) is 11.4 Å². The van der Waals surface area contributed by atoms with Crippen LogP contribution in [-0.2, 0) is 9.53 Å². The van der Waals surface area contributed by atoms with Crippen LogP contribution in [0, 0.1) is 5.41 Å². The quantitative estimate of drug-likeness (QED) is 0.852. The van der Waals surface area contributed by atoms with Gasteiger partial charge in [0.05, 0.1) is 5.69 Å². The van der Waals surface area contributed by atoms with Gasteiger partial charge in [0.2, 0.25) is 5.91 Å². The first-order valence-electron chi connectivity index (χ1n) is 8.49. The molecule has 0 radical (unpaired) electrons. The van der Waals surface area contributed by atoms with E-state index in [0.29, 0.717) is 17.5 Å². The van der Waals surface area contributed by atoms with E-state index >= 15 is 0 Å². The van der Waals surface area contributed by atoms with Crippen molar-refractivity contribution in [2.75, 3.05) is 38.2 Å². The number of nitrogens with one attached hydrogen (secondary N) is 1. The predicted octanol–water partition coefficient (Wildman–Crippen LogP) is 2.67. The highest BCUT2D eigenvalue weighted by Gasteiger charge is 2.36. The molecular formula is C17H24N2O4S. The summed E-state index contributed by atoms with van der Waals surface area (Å²) in [7, 11) is 0. The lowest BCUT2D eigenvalue weighted by molar-refractivity contribution is -0.116. The Hall–Kier alpha value is -1.44. The number of likely N-dealkylation sites (tertiary alicyclic amines) is 1. The van der Waals surface area contributed by atoms with Crippen LogP contribution in [-0.4, -0.2) is 54.7 Å². The van der Waals surface area contributed by atoms with Crippen molar-refractivity contribution in [3.8, 4) is 0 Å². The van der Waals surface area contributed by atoms with Crippen molar-refractivity contribution >= 4 is 28.9 Å². The van der Waals surface area contributed by atoms with E-state index < -0.39 is 5.97 Å². The molecule has 3 heterocycles. The van der Waals surface area contributed by atoms with Crippen LogP contribution in [0.5, 0.6) is 0 Å². The van der Waals surface area contributed by atoms with Gasteiger partial charge in [-0.05, 0) is 49.1 Å². The number of hydrogen-bond donors (Lipinski definition) is 2. The van der Waals surface area contributed by atoms with Gasteiger partial charge in [0, 0.05) is 32.7 Å². The highest BCUT2D eigenvalue weighted by molar-refractivity contribution is 7.12. The fourth-order valence-corrected chi connectivity index (χ4v) is 4.45. The van der Waals surface area contributed by atoms with E-state index in [4.69, 9.17) is 9.84 Å². The van der Waals surface area contributed by atoms with E-state index in [0.717, 1.165) is 57.0 Å². The van der Waals surface area contributed by atoms with E-state index in [2.05, 4.69) is 10.2 Å². The maximum Gasteiger partial charge on any atom is 0.348 e. The van der Waals surface area contributed by atoms with Crippen LogP contribution in [0.2, 0.25) is 0 Å². The maximum absolute atomic E-state index is 12.1. The number of anilines is 1. The Labute approximate surface area is 145 Å². The lowest BCUT2D eigenvalue weighted by atomic mass is 9.74. The second kappa shape index (κ2) is 7.63. The average molecular weight is 352 g/mol. The van der Waals surface area contributed by atoms with Gasteiger partial charge in [-0.15, -0.1) is 11.3 Å². The van der Waals surface area contributed by atoms with Crippen molar-refractivity contribution in [3.63, 3.8) is 0 Å². The van der Waals surface area contributed by atoms with E-state index in [1.807, 2.05) is 0 Å². The monoisotopic (exact) mass is 352 g/mol. The van der Waals surface area contributed by atoms with Crippen LogP contribution < -0.4 is 5.32 Å². The number of ether oxygens (including phenoxy) is 1. The van der Waals surface area contributed by atoms with Gasteiger partial charge in [-0.25, -0.2) is 4.79 Å². The Morgan fingerprint density at radius 3 is 2.88 bits per heavy atom. The van der Waals surface area contributed by atoms with Crippen molar-refractivity contribution in [1.82, 2.24) is 4.90 Å². The van der Waals surface area contributed by atoms with Crippen LogP contribution in [0.3, 0.4) is 0 Å². The molecule has 2 aliphatic heterocycles. The third-order valence-corrected chi connectivity index (χ3v) is 5.98. The summed E-state index contributed by atoms with van der Waals surface area (Å²) in [6.07, 6.45) is 5.06. The molecule has 2 fully saturated rings. The highest BCUT2D eigenvalue weighted by Crippen LogP contribution is 2.39. The smallest absolute Gasteiger partial charge is 0.348 e. The predicted molar refractivity (Wildman–Crippen MR) is 92.7 cm³/mol. The molecule has 2 saturated heterocycles. The molecule has 1 aromatic heterocycles. The zero-order chi connectivity index (χ0) is 17.0. The zero-order valence-electron chi connectivity index (χ0n) is 13.8. The van der Waals surface area contributed by atoms with Gasteiger partial charge in [0.1, 0.15) is 4.88 Å². The molecular weight excluding hydrogens is 328 g/mol. The van der Waals surface area contributed by atoms with Gasteiger partial charge in [-0.1, -0.05) is 0 Å². The Bertz CT molecular complexity index is 590. The summed E-state index contributed by atoms with van der Waals surface area (Å²) in [4.78, 5) is 25.8. The van der Waals surface area contributed by atoms with Gasteiger partial charge >= 0.3 is 5.97 Å². The molecule has 3 rings (SSSR count). The van der Waals surface area contributed by atoms with Crippen LogP contribution in [0.1, 0.15) is 41.8 Å². The number of amides is 1. The fourth-order valence-electron chi connectivity index (χ4n) is 3.76. The van der Waals surface area contributed by atoms with E-state index in [1.165, 1.54) is 12.8 Å². The number of carbonyl (C=O) groups excluding carboxylic acids is 1. The number of hydrogen-bond acceptors (Lipinski definition) is 5. The largest absolute Gasteiger partial charge is 0.477 e. The molecule has 0 atom stereocenters. The van der Waals surface area contributed by atoms with E-state index in [-0.39, 0.29) is 10.8 Å². The number of aromatic carboxylic acids is 1. The minimum atomic E-state index is -1.00. The molecule has 0 aromatic carbocycles. The summed E-state index contributed by atoms with van der Waals surface area (Å²) < 4.78 is 5.49. The first-order valence-corrected chi connectivity index (χ1v) is 9.37. The topological polar surface area (TPSA) is 78.9 Å². The highest BCUT2D eigenvalue weighted by atomic mass is 32.1. The molecule has 1 amide bonds. The van der Waals surface area contributed by atoms with Gasteiger partial charge in [-0.2, -0.15) is 0 Å². The first kappa shape index (κ1) is 17.4. The summed E-state index contributed by atoms with van der Waals surface area (Å²) in [5, 5.41) is 13.5. The third kappa shape index (κ3) is 4.15. The third-order valence-electron chi connectivity index (χ3n) is 5.08. The number of carbonyl (C=O) groups is 2. The lowest BCUT2D eigenvalue weighted by Crippen LogP contribution is -2.46. The number of carboxylic acid groups (broad SMARTS) is 1. The fraction of sp³-hybridized carbons (Fsp3) is 0.647. The molecule has 0 bridgehead atoms. The average Bonchev–Trinajstić information content (AvgIpc) is 3.02. The van der Waals surface area contributed by atoms with Gasteiger partial charge in [-0.3, -0.25) is 4.79 Å². The van der Waals surface area contributed by atoms with Gasteiger partial charge in [0.15, 0.2) is 0 Å². The molecule has 132 valence electrons. The summed E-state index contributed by atoms with van der Waals surface area (Å²) in [6, 6.07) is 1.64. The minimum Gasteiger partial charge on any atom is -0.477 e. The summed E-state index contributed by atoms with van der Waals surface area (Å²) in [5.41, 5.74) is 0.772. The molecule has 1 aromatic rings. The molecule has 1 spiro atoms. The Balaban J connectivity index is 1.49. The first-order chi connectivity index (χ1) is 11.6. The normalized spacial score (nSPS) is 20.8. The van der Waals surface area contributed by atoms with Crippen LogP contribution in [0.25, 0.3) is 0 Å². The van der Waals surface area contributed by atoms with Gasteiger partial charge in [0.25, 0.3) is 0 Å². The van der Waals surface area contributed by atoms with Crippen molar-refractivity contribution in [2.45, 2.75) is 32.1 Å². The van der Waals surface area contributed by atoms with Crippen LogP contribution in [0.4, 0.5) is 5.69 Å². The number of thiophene rings is 1. The molecule has 24 heavy (non-hydrogen) atoms. The summed E-state index contributed by atoms with van der Waals surface area (Å²) in [5.74, 6) is -1.12. The Morgan fingerprint density at radius 2 is 2.12 bits per heavy atom. The van der Waals surface area contributed by atoms with Crippen LogP contribution in [0.15, 0.2) is 11.4 Å². The maximum atomic E-state index is 12.1. The molecule has 7 heteroatoms. The Kier molecular flexibility index (Phi) is 5.53. The zero-order valence-corrected chi connectivity index (χ0v) is 14.6. The van der Waals surface area contributed by atoms with E-state index in [9.17, 15) is 9.59 Å².